The van der Waals surface area contributed by atoms with Gasteiger partial charge in [0, 0.05) is 37.9 Å². The van der Waals surface area contributed by atoms with Crippen molar-refractivity contribution in [2.75, 3.05) is 20.7 Å². The highest BCUT2D eigenvalue weighted by Crippen LogP contribution is 2.23. The minimum absolute atomic E-state index is 0.121. The molecule has 1 aromatic heterocycles. The number of rotatable bonds is 7. The maximum atomic E-state index is 13.2. The molecular formula is C26H25N5O3. The van der Waals surface area contributed by atoms with E-state index in [1.165, 1.54) is 11.1 Å². The van der Waals surface area contributed by atoms with Crippen molar-refractivity contribution in [2.45, 2.75) is 19.3 Å². The first kappa shape index (κ1) is 23.0. The Bertz CT molecular complexity index is 1270. The molecule has 3 aromatic rings. The molecule has 1 unspecified atom stereocenters. The minimum atomic E-state index is -0.583. The molecule has 1 aliphatic heterocycles. The van der Waals surface area contributed by atoms with Gasteiger partial charge in [0.15, 0.2) is 17.4 Å². The largest absolute Gasteiger partial charge is 0.491 e. The van der Waals surface area contributed by atoms with Crippen LogP contribution in [0.2, 0.25) is 0 Å². The molecule has 0 saturated heterocycles. The fraction of sp³-hybridized carbons (Fsp3) is 0.231. The number of carbonyl (C=O) groups is 2. The fourth-order valence-electron chi connectivity index (χ4n) is 3.67. The quantitative estimate of drug-likeness (QED) is 0.542. The van der Waals surface area contributed by atoms with Gasteiger partial charge in [-0.15, -0.1) is 0 Å². The first-order valence-electron chi connectivity index (χ1n) is 11.0. The van der Waals surface area contributed by atoms with Crippen molar-refractivity contribution in [1.29, 1.82) is 0 Å². The molecular weight excluding hydrogens is 430 g/mol. The average molecular weight is 456 g/mol. The predicted octanol–water partition coefficient (Wildman–Crippen LogP) is 3.58. The van der Waals surface area contributed by atoms with E-state index in [4.69, 9.17) is 4.74 Å². The average Bonchev–Trinajstić information content (AvgIpc) is 2.86. The summed E-state index contributed by atoms with van der Waals surface area (Å²) in [6.07, 6.45) is 5.13. The van der Waals surface area contributed by atoms with Crippen LogP contribution in [0.25, 0.3) is 11.4 Å². The second kappa shape index (κ2) is 10.2. The summed E-state index contributed by atoms with van der Waals surface area (Å²) in [5, 5.41) is 8.20. The summed E-state index contributed by atoms with van der Waals surface area (Å²) < 4.78 is 5.40. The van der Waals surface area contributed by atoms with E-state index in [0.29, 0.717) is 41.4 Å². The number of benzene rings is 2. The Morgan fingerprint density at radius 3 is 2.56 bits per heavy atom. The van der Waals surface area contributed by atoms with Crippen molar-refractivity contribution in [2.24, 2.45) is 10.2 Å². The molecule has 0 fully saturated rings. The molecule has 0 radical (unpaired) electrons. The second-order valence-corrected chi connectivity index (χ2v) is 8.03. The first-order valence-corrected chi connectivity index (χ1v) is 11.0. The standard InChI is InChI=1S/C26H25N5O3/c1-4-34-21-14-27-25(28-15-21)19-9-5-7-17(11-19)12-23-24(32)22(16-29-30-23)18-8-6-10-20(13-18)26(33)31(2)3/h5-11,13-16,22H,4,12H2,1-3H3. The van der Waals surface area contributed by atoms with Gasteiger partial charge in [0.25, 0.3) is 5.91 Å². The summed E-state index contributed by atoms with van der Waals surface area (Å²) in [4.78, 5) is 35.8. The molecule has 0 saturated carbocycles. The van der Waals surface area contributed by atoms with Gasteiger partial charge in [-0.05, 0) is 36.2 Å². The predicted molar refractivity (Wildman–Crippen MR) is 130 cm³/mol. The number of ether oxygens (including phenoxy) is 1. The lowest BCUT2D eigenvalue weighted by atomic mass is 9.89. The molecule has 172 valence electrons. The van der Waals surface area contributed by atoms with Gasteiger partial charge >= 0.3 is 0 Å². The summed E-state index contributed by atoms with van der Waals surface area (Å²) in [5.41, 5.74) is 3.33. The van der Waals surface area contributed by atoms with Crippen molar-refractivity contribution in [1.82, 2.24) is 14.9 Å². The van der Waals surface area contributed by atoms with E-state index >= 15 is 0 Å². The monoisotopic (exact) mass is 455 g/mol. The van der Waals surface area contributed by atoms with Crippen LogP contribution in [0.5, 0.6) is 5.75 Å². The number of nitrogens with zero attached hydrogens (tertiary/aromatic N) is 5. The molecule has 1 amide bonds. The summed E-state index contributed by atoms with van der Waals surface area (Å²) in [6.45, 7) is 2.45. The smallest absolute Gasteiger partial charge is 0.253 e. The number of ketones is 1. The zero-order chi connectivity index (χ0) is 24.1. The summed E-state index contributed by atoms with van der Waals surface area (Å²) in [7, 11) is 3.39. The van der Waals surface area contributed by atoms with Crippen LogP contribution in [0.15, 0.2) is 71.1 Å². The lowest BCUT2D eigenvalue weighted by Gasteiger charge is -2.17. The molecule has 1 atom stereocenters. The van der Waals surface area contributed by atoms with E-state index in [2.05, 4.69) is 20.2 Å². The number of hydrogen-bond acceptors (Lipinski definition) is 7. The SMILES string of the molecule is CCOc1cnc(-c2cccc(CC3=NN=CC(c4cccc(C(=O)N(C)C)c4)C3=O)c2)nc1. The molecule has 0 N–H and O–H groups in total. The Morgan fingerprint density at radius 1 is 1.06 bits per heavy atom. The van der Waals surface area contributed by atoms with Crippen LogP contribution in [0.1, 0.15) is 34.3 Å². The van der Waals surface area contributed by atoms with Crippen molar-refractivity contribution in [3.63, 3.8) is 0 Å². The van der Waals surface area contributed by atoms with Gasteiger partial charge in [0.1, 0.15) is 5.71 Å². The fourth-order valence-corrected chi connectivity index (χ4v) is 3.67. The first-order chi connectivity index (χ1) is 16.5. The van der Waals surface area contributed by atoms with Gasteiger partial charge < -0.3 is 9.64 Å². The minimum Gasteiger partial charge on any atom is -0.491 e. The van der Waals surface area contributed by atoms with Crippen molar-refractivity contribution in [3.8, 4) is 17.1 Å². The van der Waals surface area contributed by atoms with Crippen LogP contribution in [0, 0.1) is 0 Å². The van der Waals surface area contributed by atoms with E-state index in [1.807, 2.05) is 37.3 Å². The highest BCUT2D eigenvalue weighted by Gasteiger charge is 2.27. The van der Waals surface area contributed by atoms with Gasteiger partial charge in [0.2, 0.25) is 0 Å². The molecule has 8 heteroatoms. The third kappa shape index (κ3) is 5.06. The topological polar surface area (TPSA) is 97.1 Å². The normalized spacial score (nSPS) is 15.1. The number of aromatic nitrogens is 2. The molecule has 2 aromatic carbocycles. The lowest BCUT2D eigenvalue weighted by Crippen LogP contribution is -2.28. The third-order valence-corrected chi connectivity index (χ3v) is 5.36. The molecule has 8 nitrogen and oxygen atoms in total. The number of amides is 1. The summed E-state index contributed by atoms with van der Waals surface area (Å²) in [5.74, 6) is 0.349. The van der Waals surface area contributed by atoms with E-state index in [9.17, 15) is 9.59 Å². The Hall–Kier alpha value is -4.20. The summed E-state index contributed by atoms with van der Waals surface area (Å²) in [6, 6.07) is 14.8. The van der Waals surface area contributed by atoms with Crippen LogP contribution < -0.4 is 4.74 Å². The Balaban J connectivity index is 1.52. The molecule has 1 aliphatic rings. The highest BCUT2D eigenvalue weighted by atomic mass is 16.5. The van der Waals surface area contributed by atoms with Gasteiger partial charge in [-0.1, -0.05) is 30.3 Å². The number of carbonyl (C=O) groups excluding carboxylic acids is 2. The molecule has 2 heterocycles. The molecule has 34 heavy (non-hydrogen) atoms. The van der Waals surface area contributed by atoms with Crippen LogP contribution in [-0.2, 0) is 11.2 Å². The maximum absolute atomic E-state index is 13.2. The molecule has 0 spiro atoms. The van der Waals surface area contributed by atoms with Gasteiger partial charge in [-0.25, -0.2) is 9.97 Å². The van der Waals surface area contributed by atoms with Crippen LogP contribution in [-0.4, -0.2) is 59.2 Å². The highest BCUT2D eigenvalue weighted by molar-refractivity contribution is 6.45. The van der Waals surface area contributed by atoms with Crippen molar-refractivity contribution >= 4 is 23.6 Å². The molecule has 0 bridgehead atoms. The second-order valence-electron chi connectivity index (χ2n) is 8.03. The summed E-state index contributed by atoms with van der Waals surface area (Å²) >= 11 is 0. The molecule has 4 rings (SSSR count). The van der Waals surface area contributed by atoms with Crippen molar-refractivity contribution < 1.29 is 14.3 Å². The lowest BCUT2D eigenvalue weighted by molar-refractivity contribution is -0.113. The number of hydrogen-bond donors (Lipinski definition) is 0. The van der Waals surface area contributed by atoms with Crippen molar-refractivity contribution in [3.05, 3.63) is 77.6 Å². The van der Waals surface area contributed by atoms with E-state index in [1.54, 1.807) is 44.7 Å². The third-order valence-electron chi connectivity index (χ3n) is 5.36. The van der Waals surface area contributed by atoms with Crippen LogP contribution in [0.3, 0.4) is 0 Å². The van der Waals surface area contributed by atoms with E-state index in [-0.39, 0.29) is 11.7 Å². The Labute approximate surface area is 198 Å². The molecule has 0 aliphatic carbocycles. The zero-order valence-electron chi connectivity index (χ0n) is 19.3. The van der Waals surface area contributed by atoms with E-state index in [0.717, 1.165) is 11.1 Å². The van der Waals surface area contributed by atoms with E-state index < -0.39 is 5.92 Å². The zero-order valence-corrected chi connectivity index (χ0v) is 19.3. The van der Waals surface area contributed by atoms with Crippen LogP contribution in [0.4, 0.5) is 0 Å². The maximum Gasteiger partial charge on any atom is 0.253 e. The number of Topliss-reactive ketones (excluding diaryl/α,β-unsaturated/α-hetero) is 1. The Morgan fingerprint density at radius 2 is 1.82 bits per heavy atom. The van der Waals surface area contributed by atoms with Gasteiger partial charge in [0.05, 0.1) is 24.9 Å². The Kier molecular flexibility index (Phi) is 6.87. The van der Waals surface area contributed by atoms with Gasteiger partial charge in [-0.2, -0.15) is 10.2 Å². The van der Waals surface area contributed by atoms with Gasteiger partial charge in [-0.3, -0.25) is 9.59 Å². The van der Waals surface area contributed by atoms with Crippen LogP contribution >= 0.6 is 0 Å².